The lowest BCUT2D eigenvalue weighted by atomic mass is 10.1. The molecule has 1 aromatic carbocycles. The first kappa shape index (κ1) is 14.3. The van der Waals surface area contributed by atoms with Gasteiger partial charge in [0.25, 0.3) is 0 Å². The second kappa shape index (κ2) is 5.26. The molecule has 0 amide bonds. The van der Waals surface area contributed by atoms with E-state index in [0.29, 0.717) is 29.3 Å². The van der Waals surface area contributed by atoms with Crippen LogP contribution in [0, 0.1) is 13.8 Å². The number of rotatable bonds is 3. The molecule has 2 aromatic heterocycles. The lowest BCUT2D eigenvalue weighted by Gasteiger charge is -2.05. The van der Waals surface area contributed by atoms with Gasteiger partial charge in [0.1, 0.15) is 17.1 Å². The van der Waals surface area contributed by atoms with Gasteiger partial charge in [-0.3, -0.25) is 0 Å². The van der Waals surface area contributed by atoms with Gasteiger partial charge in [0.2, 0.25) is 0 Å². The van der Waals surface area contributed by atoms with E-state index in [-0.39, 0.29) is 17.1 Å². The molecule has 0 radical (unpaired) electrons. The highest BCUT2D eigenvalue weighted by Crippen LogP contribution is 2.34. The van der Waals surface area contributed by atoms with Crippen molar-refractivity contribution in [1.29, 1.82) is 0 Å². The zero-order chi connectivity index (χ0) is 15.9. The minimum absolute atomic E-state index is 0.0679. The summed E-state index contributed by atoms with van der Waals surface area (Å²) >= 11 is 0. The van der Waals surface area contributed by atoms with Gasteiger partial charge in [-0.25, -0.2) is 4.79 Å². The maximum Gasteiger partial charge on any atom is 0.343 e. The maximum atomic E-state index is 11.8. The lowest BCUT2D eigenvalue weighted by molar-refractivity contribution is 0.340. The third kappa shape index (κ3) is 2.24. The van der Waals surface area contributed by atoms with Gasteiger partial charge >= 0.3 is 5.63 Å². The fourth-order valence-electron chi connectivity index (χ4n) is 2.35. The van der Waals surface area contributed by atoms with Crippen LogP contribution < -0.4 is 10.4 Å². The van der Waals surface area contributed by atoms with Crippen molar-refractivity contribution in [3.8, 4) is 23.0 Å². The van der Waals surface area contributed by atoms with Crippen LogP contribution in [-0.2, 0) is 0 Å². The minimum atomic E-state index is -0.575. The summed E-state index contributed by atoms with van der Waals surface area (Å²) in [6.45, 7) is 5.67. The molecule has 5 nitrogen and oxygen atoms in total. The van der Waals surface area contributed by atoms with Crippen molar-refractivity contribution >= 4 is 11.0 Å². The van der Waals surface area contributed by atoms with Crippen LogP contribution in [0.25, 0.3) is 22.5 Å². The van der Waals surface area contributed by atoms with Gasteiger partial charge in [0.15, 0.2) is 11.5 Å². The van der Waals surface area contributed by atoms with E-state index >= 15 is 0 Å². The van der Waals surface area contributed by atoms with E-state index in [1.807, 2.05) is 19.1 Å². The Hall–Kier alpha value is -2.69. The smallest absolute Gasteiger partial charge is 0.343 e. The van der Waals surface area contributed by atoms with Crippen molar-refractivity contribution in [2.45, 2.75) is 20.8 Å². The molecular weight excluding hydrogens is 284 g/mol. The highest BCUT2D eigenvalue weighted by atomic mass is 16.5. The molecule has 2 heterocycles. The highest BCUT2D eigenvalue weighted by Gasteiger charge is 2.18. The third-order valence-corrected chi connectivity index (χ3v) is 3.58. The van der Waals surface area contributed by atoms with Crippen LogP contribution in [0.5, 0.6) is 11.5 Å². The number of hydrogen-bond acceptors (Lipinski definition) is 5. The molecule has 0 saturated heterocycles. The third-order valence-electron chi connectivity index (χ3n) is 3.58. The zero-order valence-corrected chi connectivity index (χ0v) is 12.6. The molecular formula is C17H16O5. The predicted octanol–water partition coefficient (Wildman–Crippen LogP) is 3.77. The van der Waals surface area contributed by atoms with Crippen molar-refractivity contribution in [3.05, 3.63) is 45.8 Å². The van der Waals surface area contributed by atoms with Crippen molar-refractivity contribution in [1.82, 2.24) is 0 Å². The van der Waals surface area contributed by atoms with Gasteiger partial charge in [-0.2, -0.15) is 0 Å². The molecule has 3 aromatic rings. The van der Waals surface area contributed by atoms with E-state index in [1.54, 1.807) is 19.1 Å². The number of furan rings is 1. The second-order valence-corrected chi connectivity index (χ2v) is 5.06. The van der Waals surface area contributed by atoms with Crippen LogP contribution in [-0.4, -0.2) is 11.7 Å². The first-order chi connectivity index (χ1) is 10.5. The molecule has 0 unspecified atom stereocenters. The average Bonchev–Trinajstić information content (AvgIpc) is 2.92. The Balaban J connectivity index is 2.17. The van der Waals surface area contributed by atoms with Crippen molar-refractivity contribution < 1.29 is 18.7 Å². The standard InChI is InChI=1S/C17H16O5/c1-4-20-12-6-5-11-7-14(21-13(11)8-12)16-9(2)15(18)10(3)17(19)22-16/h5-8,18H,4H2,1-3H3. The Bertz CT molecular complexity index is 901. The molecule has 1 N–H and O–H groups in total. The molecule has 0 spiro atoms. The van der Waals surface area contributed by atoms with E-state index in [0.717, 1.165) is 5.39 Å². The van der Waals surface area contributed by atoms with E-state index < -0.39 is 5.63 Å². The molecule has 0 aliphatic heterocycles. The Morgan fingerprint density at radius 1 is 1.14 bits per heavy atom. The van der Waals surface area contributed by atoms with Crippen molar-refractivity contribution in [2.24, 2.45) is 0 Å². The molecule has 0 aliphatic carbocycles. The summed E-state index contributed by atoms with van der Waals surface area (Å²) in [7, 11) is 0. The molecule has 0 atom stereocenters. The van der Waals surface area contributed by atoms with Crippen LogP contribution >= 0.6 is 0 Å². The maximum absolute atomic E-state index is 11.8. The predicted molar refractivity (Wildman–Crippen MR) is 82.5 cm³/mol. The minimum Gasteiger partial charge on any atom is -0.507 e. The largest absolute Gasteiger partial charge is 0.507 e. The van der Waals surface area contributed by atoms with E-state index in [9.17, 15) is 9.90 Å². The van der Waals surface area contributed by atoms with Gasteiger partial charge < -0.3 is 18.7 Å². The SMILES string of the molecule is CCOc1ccc2cc(-c3oc(=O)c(C)c(O)c3C)oc2c1. The van der Waals surface area contributed by atoms with E-state index in [4.69, 9.17) is 13.6 Å². The number of benzene rings is 1. The Morgan fingerprint density at radius 2 is 1.91 bits per heavy atom. The van der Waals surface area contributed by atoms with Crippen LogP contribution in [0.3, 0.4) is 0 Å². The molecule has 22 heavy (non-hydrogen) atoms. The first-order valence-electron chi connectivity index (χ1n) is 7.01. The van der Waals surface area contributed by atoms with E-state index in [1.165, 1.54) is 6.92 Å². The van der Waals surface area contributed by atoms with Crippen molar-refractivity contribution in [3.63, 3.8) is 0 Å². The van der Waals surface area contributed by atoms with Gasteiger partial charge in [0, 0.05) is 17.0 Å². The summed E-state index contributed by atoms with van der Waals surface area (Å²) in [6.07, 6.45) is 0. The Labute approximate surface area is 126 Å². The van der Waals surface area contributed by atoms with Gasteiger partial charge in [0.05, 0.1) is 12.2 Å². The molecule has 0 fully saturated rings. The Kier molecular flexibility index (Phi) is 3.41. The summed E-state index contributed by atoms with van der Waals surface area (Å²) in [5.41, 5.74) is 0.716. The highest BCUT2D eigenvalue weighted by molar-refractivity contribution is 5.83. The van der Waals surface area contributed by atoms with Crippen molar-refractivity contribution in [2.75, 3.05) is 6.61 Å². The monoisotopic (exact) mass is 300 g/mol. The zero-order valence-electron chi connectivity index (χ0n) is 12.6. The summed E-state index contributed by atoms with van der Waals surface area (Å²) in [6, 6.07) is 7.27. The van der Waals surface area contributed by atoms with Gasteiger partial charge in [-0.05, 0) is 39.0 Å². The second-order valence-electron chi connectivity index (χ2n) is 5.06. The van der Waals surface area contributed by atoms with Crippen LogP contribution in [0.1, 0.15) is 18.1 Å². The normalized spacial score (nSPS) is 11.0. The summed E-state index contributed by atoms with van der Waals surface area (Å²) in [4.78, 5) is 11.8. The average molecular weight is 300 g/mol. The molecule has 0 saturated carbocycles. The molecule has 114 valence electrons. The number of ether oxygens (including phenoxy) is 1. The number of hydrogen-bond donors (Lipinski definition) is 1. The summed E-state index contributed by atoms with van der Waals surface area (Å²) in [5.74, 6) is 1.28. The van der Waals surface area contributed by atoms with Crippen LogP contribution in [0.4, 0.5) is 0 Å². The summed E-state index contributed by atoms with van der Waals surface area (Å²) in [5, 5.41) is 10.9. The topological polar surface area (TPSA) is 72.8 Å². The van der Waals surface area contributed by atoms with E-state index in [2.05, 4.69) is 0 Å². The molecule has 0 bridgehead atoms. The fraction of sp³-hybridized carbons (Fsp3) is 0.235. The first-order valence-corrected chi connectivity index (χ1v) is 7.01. The molecule has 0 aliphatic rings. The van der Waals surface area contributed by atoms with Crippen LogP contribution in [0.15, 0.2) is 37.9 Å². The summed E-state index contributed by atoms with van der Waals surface area (Å²) < 4.78 is 16.5. The van der Waals surface area contributed by atoms with Crippen LogP contribution in [0.2, 0.25) is 0 Å². The molecule has 3 rings (SSSR count). The fourth-order valence-corrected chi connectivity index (χ4v) is 2.35. The van der Waals surface area contributed by atoms with Gasteiger partial charge in [-0.15, -0.1) is 0 Å². The lowest BCUT2D eigenvalue weighted by Crippen LogP contribution is -2.05. The molecule has 5 heteroatoms. The van der Waals surface area contributed by atoms with Gasteiger partial charge in [-0.1, -0.05) is 0 Å². The Morgan fingerprint density at radius 3 is 2.64 bits per heavy atom. The number of fused-ring (bicyclic) bond motifs is 1. The quantitative estimate of drug-likeness (QED) is 0.797. The number of aromatic hydroxyl groups is 1.